The van der Waals surface area contributed by atoms with Gasteiger partial charge in [-0.2, -0.15) is 0 Å². The topological polar surface area (TPSA) is 69.4 Å². The fourth-order valence-electron chi connectivity index (χ4n) is 2.22. The maximum Gasteiger partial charge on any atom is 0.331 e. The Morgan fingerprint density at radius 3 is 2.60 bits per heavy atom. The first kappa shape index (κ1) is 16.6. The quantitative estimate of drug-likeness (QED) is 0.402. The molecule has 0 saturated heterocycles. The molecule has 126 valence electrons. The normalized spacial score (nSPS) is 12.4. The van der Waals surface area contributed by atoms with Crippen LogP contribution in [-0.4, -0.2) is 22.8 Å². The molecule has 5 nitrogen and oxygen atoms in total. The van der Waals surface area contributed by atoms with Crippen LogP contribution in [0.1, 0.15) is 23.2 Å². The smallest absolute Gasteiger partial charge is 0.331 e. The Hall–Kier alpha value is -3.28. The van der Waals surface area contributed by atoms with E-state index < -0.39 is 23.7 Å². The summed E-state index contributed by atoms with van der Waals surface area (Å²) >= 11 is 0. The number of halogens is 1. The van der Waals surface area contributed by atoms with Crippen LogP contribution in [-0.2, 0) is 9.53 Å². The number of para-hydroxylation sites is 2. The molecule has 0 bridgehead atoms. The van der Waals surface area contributed by atoms with Gasteiger partial charge in [-0.1, -0.05) is 12.1 Å². The molecule has 2 aromatic carbocycles. The lowest BCUT2D eigenvalue weighted by molar-refractivity contribution is -0.140. The van der Waals surface area contributed by atoms with Crippen LogP contribution < -0.4 is 0 Å². The summed E-state index contributed by atoms with van der Waals surface area (Å²) in [6, 6.07) is 12.2. The Bertz CT molecular complexity index is 910. The van der Waals surface area contributed by atoms with Crippen LogP contribution >= 0.6 is 0 Å². The first-order valence-corrected chi connectivity index (χ1v) is 7.57. The molecule has 0 spiro atoms. The second-order valence-corrected chi connectivity index (χ2v) is 5.30. The number of nitrogens with zero attached hydrogens (tertiary/aromatic N) is 1. The van der Waals surface area contributed by atoms with Gasteiger partial charge in [-0.15, -0.1) is 0 Å². The number of benzene rings is 2. The lowest BCUT2D eigenvalue weighted by Crippen LogP contribution is -2.23. The van der Waals surface area contributed by atoms with Crippen molar-refractivity contribution in [2.75, 3.05) is 0 Å². The van der Waals surface area contributed by atoms with E-state index in [1.807, 2.05) is 12.1 Å². The number of Topliss-reactive ketones (excluding diaryl/α,β-unsaturated/α-hetero) is 1. The molecule has 0 N–H and O–H groups in total. The molecule has 6 heteroatoms. The number of aromatic nitrogens is 1. The third-order valence-electron chi connectivity index (χ3n) is 3.46. The van der Waals surface area contributed by atoms with Gasteiger partial charge in [-0.3, -0.25) is 4.79 Å². The van der Waals surface area contributed by atoms with Crippen LogP contribution in [0.15, 0.2) is 59.0 Å². The molecule has 1 heterocycles. The van der Waals surface area contributed by atoms with E-state index in [0.717, 1.165) is 6.08 Å². The predicted octanol–water partition coefficient (Wildman–Crippen LogP) is 3.79. The van der Waals surface area contributed by atoms with Gasteiger partial charge in [-0.05, 0) is 43.3 Å². The zero-order valence-corrected chi connectivity index (χ0v) is 13.3. The highest BCUT2D eigenvalue weighted by Gasteiger charge is 2.18. The summed E-state index contributed by atoms with van der Waals surface area (Å²) in [6.07, 6.45) is 1.52. The van der Waals surface area contributed by atoms with E-state index >= 15 is 0 Å². The van der Waals surface area contributed by atoms with Crippen molar-refractivity contribution in [3.05, 3.63) is 71.9 Å². The Kier molecular flexibility index (Phi) is 4.70. The van der Waals surface area contributed by atoms with Gasteiger partial charge in [0.15, 0.2) is 11.7 Å². The van der Waals surface area contributed by atoms with E-state index in [9.17, 15) is 14.0 Å². The lowest BCUT2D eigenvalue weighted by Gasteiger charge is -2.10. The molecular formula is C19H14FNO4. The second-order valence-electron chi connectivity index (χ2n) is 5.30. The molecule has 0 aliphatic carbocycles. The van der Waals surface area contributed by atoms with Crippen molar-refractivity contribution in [3.63, 3.8) is 0 Å². The fraction of sp³-hybridized carbons (Fsp3) is 0.105. The highest BCUT2D eigenvalue weighted by atomic mass is 19.1. The van der Waals surface area contributed by atoms with E-state index in [-0.39, 0.29) is 11.5 Å². The largest absolute Gasteiger partial charge is 0.451 e. The van der Waals surface area contributed by atoms with Crippen molar-refractivity contribution in [1.82, 2.24) is 4.98 Å². The maximum absolute atomic E-state index is 12.9. The lowest BCUT2D eigenvalue weighted by atomic mass is 10.1. The molecule has 3 rings (SSSR count). The number of rotatable bonds is 5. The van der Waals surface area contributed by atoms with E-state index in [1.54, 1.807) is 12.1 Å². The first-order valence-electron chi connectivity index (χ1n) is 7.57. The first-order chi connectivity index (χ1) is 12.0. The molecule has 1 aromatic heterocycles. The van der Waals surface area contributed by atoms with Crippen LogP contribution in [0.2, 0.25) is 0 Å². The third-order valence-corrected chi connectivity index (χ3v) is 3.46. The number of carbonyl (C=O) groups is 2. The zero-order chi connectivity index (χ0) is 17.8. The fourth-order valence-corrected chi connectivity index (χ4v) is 2.22. The number of hydrogen-bond donors (Lipinski definition) is 0. The molecule has 3 aromatic rings. The molecule has 0 radical (unpaired) electrons. The van der Waals surface area contributed by atoms with Crippen molar-refractivity contribution >= 4 is 28.9 Å². The number of esters is 1. The van der Waals surface area contributed by atoms with E-state index in [4.69, 9.17) is 9.15 Å². The second kappa shape index (κ2) is 7.09. The van der Waals surface area contributed by atoms with Crippen LogP contribution in [0.25, 0.3) is 17.2 Å². The van der Waals surface area contributed by atoms with Gasteiger partial charge in [0.2, 0.25) is 11.7 Å². The van der Waals surface area contributed by atoms with Gasteiger partial charge in [0, 0.05) is 17.7 Å². The Morgan fingerprint density at radius 1 is 1.16 bits per heavy atom. The molecule has 0 amide bonds. The molecule has 0 aliphatic rings. The molecule has 0 unspecified atom stereocenters. The number of oxazole rings is 1. The molecule has 0 fully saturated rings. The highest BCUT2D eigenvalue weighted by molar-refractivity contribution is 6.01. The molecule has 0 saturated carbocycles. The van der Waals surface area contributed by atoms with E-state index in [2.05, 4.69) is 4.98 Å². The van der Waals surface area contributed by atoms with Crippen LogP contribution in [0.3, 0.4) is 0 Å². The summed E-state index contributed by atoms with van der Waals surface area (Å²) in [5.41, 5.74) is 1.55. The number of ether oxygens (including phenoxy) is 1. The van der Waals surface area contributed by atoms with Gasteiger partial charge in [0.1, 0.15) is 11.3 Å². The average molecular weight is 339 g/mol. The average Bonchev–Trinajstić information content (AvgIpc) is 3.03. The van der Waals surface area contributed by atoms with Crippen molar-refractivity contribution in [2.24, 2.45) is 0 Å². The number of ketones is 1. The molecule has 25 heavy (non-hydrogen) atoms. The van der Waals surface area contributed by atoms with E-state index in [0.29, 0.717) is 11.1 Å². The predicted molar refractivity (Wildman–Crippen MR) is 89.3 cm³/mol. The van der Waals surface area contributed by atoms with Crippen LogP contribution in [0.5, 0.6) is 0 Å². The Morgan fingerprint density at radius 2 is 1.88 bits per heavy atom. The maximum atomic E-state index is 12.9. The van der Waals surface area contributed by atoms with Crippen molar-refractivity contribution in [3.8, 4) is 0 Å². The van der Waals surface area contributed by atoms with Gasteiger partial charge in [0.25, 0.3) is 0 Å². The summed E-state index contributed by atoms with van der Waals surface area (Å²) in [5, 5.41) is 0. The molecule has 0 aliphatic heterocycles. The van der Waals surface area contributed by atoms with Crippen molar-refractivity contribution < 1.29 is 23.1 Å². The number of fused-ring (bicyclic) bond motifs is 1. The van der Waals surface area contributed by atoms with Crippen molar-refractivity contribution in [1.29, 1.82) is 0 Å². The Labute approximate surface area is 142 Å². The van der Waals surface area contributed by atoms with Crippen molar-refractivity contribution in [2.45, 2.75) is 13.0 Å². The molecule has 1 atom stereocenters. The standard InChI is InChI=1S/C19H14FNO4/c1-12(19(23)13-6-8-14(20)9-7-13)24-18(22)11-10-17-21-15-4-2-3-5-16(15)25-17/h2-12H,1H3/b11-10+/t12-/m1/s1. The summed E-state index contributed by atoms with van der Waals surface area (Å²) in [4.78, 5) is 28.2. The summed E-state index contributed by atoms with van der Waals surface area (Å²) < 4.78 is 23.4. The Balaban J connectivity index is 1.63. The molecular weight excluding hydrogens is 325 g/mol. The van der Waals surface area contributed by atoms with Gasteiger partial charge >= 0.3 is 5.97 Å². The minimum atomic E-state index is -0.994. The van der Waals surface area contributed by atoms with Gasteiger partial charge in [-0.25, -0.2) is 14.2 Å². The van der Waals surface area contributed by atoms with E-state index in [1.165, 1.54) is 37.3 Å². The highest BCUT2D eigenvalue weighted by Crippen LogP contribution is 2.15. The minimum Gasteiger partial charge on any atom is -0.451 e. The third kappa shape index (κ3) is 3.98. The summed E-state index contributed by atoms with van der Waals surface area (Å²) in [6.45, 7) is 1.46. The zero-order valence-electron chi connectivity index (χ0n) is 13.3. The monoisotopic (exact) mass is 339 g/mol. The number of hydrogen-bond acceptors (Lipinski definition) is 5. The minimum absolute atomic E-state index is 0.260. The SMILES string of the molecule is C[C@@H](OC(=O)/C=C/c1nc2ccccc2o1)C(=O)c1ccc(F)cc1. The van der Waals surface area contributed by atoms with Gasteiger partial charge in [0.05, 0.1) is 0 Å². The number of carbonyl (C=O) groups excluding carboxylic acids is 2. The summed E-state index contributed by atoms with van der Waals surface area (Å²) in [7, 11) is 0. The van der Waals surface area contributed by atoms with Gasteiger partial charge < -0.3 is 9.15 Å². The summed E-state index contributed by atoms with van der Waals surface area (Å²) in [5.74, 6) is -1.30. The van der Waals surface area contributed by atoms with Crippen LogP contribution in [0, 0.1) is 5.82 Å². The van der Waals surface area contributed by atoms with Crippen LogP contribution in [0.4, 0.5) is 4.39 Å².